The van der Waals surface area contributed by atoms with Crippen LogP contribution >= 0.6 is 22.6 Å². The van der Waals surface area contributed by atoms with E-state index in [2.05, 4.69) is 83.8 Å². The van der Waals surface area contributed by atoms with Gasteiger partial charge in [-0.15, -0.1) is 0 Å². The van der Waals surface area contributed by atoms with Crippen molar-refractivity contribution in [2.75, 3.05) is 39.6 Å². The van der Waals surface area contributed by atoms with Crippen LogP contribution in [0.3, 0.4) is 0 Å². The Labute approximate surface area is 129 Å². The molecule has 1 N–H and O–H groups in total. The zero-order valence-electron chi connectivity index (χ0n) is 12.1. The van der Waals surface area contributed by atoms with E-state index in [0.29, 0.717) is 0 Å². The minimum Gasteiger partial charge on any atom is -0.364 e. The molecule has 0 aliphatic rings. The van der Waals surface area contributed by atoms with E-state index in [1.807, 2.05) is 0 Å². The predicted molar refractivity (Wildman–Crippen MR) is 92.2 cm³/mol. The molecule has 0 aliphatic carbocycles. The molecule has 1 aromatic heterocycles. The largest absolute Gasteiger partial charge is 0.364 e. The number of rotatable bonds is 5. The van der Waals surface area contributed by atoms with E-state index in [0.717, 1.165) is 13.0 Å². The van der Waals surface area contributed by atoms with Crippen LogP contribution < -0.4 is 4.90 Å². The Kier molecular flexibility index (Phi) is 4.73. The number of aryl methyl sites for hydroxylation is 1. The van der Waals surface area contributed by atoms with Crippen LogP contribution in [0.15, 0.2) is 18.2 Å². The van der Waals surface area contributed by atoms with Crippen LogP contribution in [0.25, 0.3) is 10.9 Å². The van der Waals surface area contributed by atoms with Crippen LogP contribution in [0.1, 0.15) is 12.0 Å². The van der Waals surface area contributed by atoms with Crippen molar-refractivity contribution in [3.63, 3.8) is 0 Å². The molecular weight excluding hydrogens is 349 g/mol. The summed E-state index contributed by atoms with van der Waals surface area (Å²) in [6.45, 7) is 1.13. The van der Waals surface area contributed by atoms with Gasteiger partial charge in [-0.05, 0) is 68.2 Å². The van der Waals surface area contributed by atoms with Gasteiger partial charge in [-0.3, -0.25) is 0 Å². The molecule has 0 saturated heterocycles. The van der Waals surface area contributed by atoms with Gasteiger partial charge in [0, 0.05) is 34.1 Å². The van der Waals surface area contributed by atoms with Crippen molar-refractivity contribution in [3.8, 4) is 0 Å². The fourth-order valence-electron chi connectivity index (χ4n) is 2.45. The highest BCUT2D eigenvalue weighted by atomic mass is 127. The summed E-state index contributed by atoms with van der Waals surface area (Å²) in [6, 6.07) is 6.47. The predicted octanol–water partition coefficient (Wildman–Crippen LogP) is 3.33. The number of fused-ring (bicyclic) bond motifs is 1. The third kappa shape index (κ3) is 3.23. The smallest absolute Gasteiger partial charge is 0.109 e. The third-order valence-corrected chi connectivity index (χ3v) is 4.23. The molecule has 3 nitrogen and oxygen atoms in total. The van der Waals surface area contributed by atoms with Crippen molar-refractivity contribution in [1.82, 2.24) is 9.88 Å². The summed E-state index contributed by atoms with van der Waals surface area (Å²) in [6.07, 6.45) is 2.30. The minimum absolute atomic E-state index is 1.12. The zero-order valence-corrected chi connectivity index (χ0v) is 14.3. The van der Waals surface area contributed by atoms with Gasteiger partial charge in [0.1, 0.15) is 5.82 Å². The van der Waals surface area contributed by atoms with Gasteiger partial charge in [0.05, 0.1) is 0 Å². The Balaban J connectivity index is 2.40. The molecule has 0 bridgehead atoms. The average Bonchev–Trinajstić information content (AvgIpc) is 2.69. The summed E-state index contributed by atoms with van der Waals surface area (Å²) in [4.78, 5) is 7.98. The zero-order chi connectivity index (χ0) is 14.0. The maximum Gasteiger partial charge on any atom is 0.109 e. The normalized spacial score (nSPS) is 11.5. The molecule has 0 fully saturated rings. The number of nitrogens with zero attached hydrogens (tertiary/aromatic N) is 2. The van der Waals surface area contributed by atoms with E-state index in [9.17, 15) is 0 Å². The molecule has 0 spiro atoms. The number of H-pyrrole nitrogens is 1. The van der Waals surface area contributed by atoms with Crippen molar-refractivity contribution in [3.05, 3.63) is 27.3 Å². The molecule has 0 atom stereocenters. The van der Waals surface area contributed by atoms with Crippen LogP contribution in [0, 0.1) is 3.57 Å². The summed E-state index contributed by atoms with van der Waals surface area (Å²) in [5.41, 5.74) is 2.70. The van der Waals surface area contributed by atoms with Crippen LogP contribution in [-0.4, -0.2) is 44.6 Å². The maximum atomic E-state index is 3.55. The Morgan fingerprint density at radius 2 is 1.89 bits per heavy atom. The van der Waals surface area contributed by atoms with E-state index in [1.54, 1.807) is 0 Å². The number of aromatic nitrogens is 1. The summed E-state index contributed by atoms with van der Waals surface area (Å²) in [5, 5.41) is 1.39. The lowest BCUT2D eigenvalue weighted by Gasteiger charge is -2.14. The monoisotopic (exact) mass is 371 g/mol. The molecule has 0 radical (unpaired) electrons. The van der Waals surface area contributed by atoms with Gasteiger partial charge in [-0.2, -0.15) is 0 Å². The average molecular weight is 371 g/mol. The maximum absolute atomic E-state index is 3.55. The highest BCUT2D eigenvalue weighted by Gasteiger charge is 2.14. The molecule has 104 valence electrons. The number of nitrogens with one attached hydrogen (secondary N) is 1. The topological polar surface area (TPSA) is 22.3 Å². The van der Waals surface area contributed by atoms with Crippen LogP contribution in [0.5, 0.6) is 0 Å². The first kappa shape index (κ1) is 14.7. The molecule has 0 unspecified atom stereocenters. The van der Waals surface area contributed by atoms with Crippen molar-refractivity contribution in [2.45, 2.75) is 12.8 Å². The van der Waals surface area contributed by atoms with E-state index in [-0.39, 0.29) is 0 Å². The first-order chi connectivity index (χ1) is 9.00. The second-order valence-electron chi connectivity index (χ2n) is 5.42. The molecular formula is C15H22IN3. The molecule has 0 aliphatic heterocycles. The molecule has 4 heteroatoms. The third-order valence-electron chi connectivity index (χ3n) is 3.33. The molecule has 0 amide bonds. The molecule has 1 aromatic carbocycles. The van der Waals surface area contributed by atoms with Gasteiger partial charge >= 0.3 is 0 Å². The molecule has 2 rings (SSSR count). The summed E-state index contributed by atoms with van der Waals surface area (Å²) < 4.78 is 1.33. The first-order valence-corrected chi connectivity index (χ1v) is 7.69. The number of hydrogen-bond donors (Lipinski definition) is 1. The fourth-order valence-corrected chi connectivity index (χ4v) is 3.28. The molecule has 0 saturated carbocycles. The quantitative estimate of drug-likeness (QED) is 0.815. The molecule has 19 heavy (non-hydrogen) atoms. The molecule has 2 aromatic rings. The first-order valence-electron chi connectivity index (χ1n) is 6.62. The van der Waals surface area contributed by atoms with Crippen LogP contribution in [0.4, 0.5) is 5.82 Å². The second kappa shape index (κ2) is 6.13. The van der Waals surface area contributed by atoms with Gasteiger partial charge in [0.15, 0.2) is 0 Å². The standard InChI is InChI=1S/C15H22IN3/c1-18(2)10-6-7-11-14-12(16)8-5-9-13(14)17-15(11)19(3)4/h5,8-9,17H,6-7,10H2,1-4H3. The Hall–Kier alpha value is -0.750. The van der Waals surface area contributed by atoms with Gasteiger partial charge in [0.25, 0.3) is 0 Å². The lowest BCUT2D eigenvalue weighted by atomic mass is 10.1. The number of anilines is 1. The van der Waals surface area contributed by atoms with Gasteiger partial charge < -0.3 is 14.8 Å². The van der Waals surface area contributed by atoms with Gasteiger partial charge in [-0.1, -0.05) is 6.07 Å². The summed E-state index contributed by atoms with van der Waals surface area (Å²) in [7, 11) is 8.47. The highest BCUT2D eigenvalue weighted by molar-refractivity contribution is 14.1. The second-order valence-corrected chi connectivity index (χ2v) is 6.58. The Bertz CT molecular complexity index is 558. The number of hydrogen-bond acceptors (Lipinski definition) is 2. The van der Waals surface area contributed by atoms with Crippen molar-refractivity contribution < 1.29 is 0 Å². The fraction of sp³-hybridized carbons (Fsp3) is 0.467. The minimum atomic E-state index is 1.12. The van der Waals surface area contributed by atoms with E-state index in [1.165, 1.54) is 32.3 Å². The highest BCUT2D eigenvalue weighted by Crippen LogP contribution is 2.32. The summed E-state index contributed by atoms with van der Waals surface area (Å²) in [5.74, 6) is 1.25. The lowest BCUT2D eigenvalue weighted by molar-refractivity contribution is 0.400. The lowest BCUT2D eigenvalue weighted by Crippen LogP contribution is -2.15. The van der Waals surface area contributed by atoms with E-state index in [4.69, 9.17) is 0 Å². The Morgan fingerprint density at radius 1 is 1.16 bits per heavy atom. The SMILES string of the molecule is CN(C)CCCc1c(N(C)C)[nH]c2cccc(I)c12. The van der Waals surface area contributed by atoms with Crippen molar-refractivity contribution in [1.29, 1.82) is 0 Å². The van der Waals surface area contributed by atoms with Crippen molar-refractivity contribution in [2.24, 2.45) is 0 Å². The number of halogens is 1. The van der Waals surface area contributed by atoms with Gasteiger partial charge in [-0.25, -0.2) is 0 Å². The number of aromatic amines is 1. The van der Waals surface area contributed by atoms with Crippen molar-refractivity contribution >= 4 is 39.3 Å². The van der Waals surface area contributed by atoms with E-state index < -0.39 is 0 Å². The number of benzene rings is 1. The molecule has 1 heterocycles. The van der Waals surface area contributed by atoms with E-state index >= 15 is 0 Å². The van der Waals surface area contributed by atoms with Crippen LogP contribution in [-0.2, 0) is 6.42 Å². The van der Waals surface area contributed by atoms with Crippen LogP contribution in [0.2, 0.25) is 0 Å². The Morgan fingerprint density at radius 3 is 2.53 bits per heavy atom. The van der Waals surface area contributed by atoms with Gasteiger partial charge in [0.2, 0.25) is 0 Å². The summed E-state index contributed by atoms with van der Waals surface area (Å²) >= 11 is 2.44.